The number of aliphatic imine (C=N–C) groups is 1. The first-order valence-electron chi connectivity index (χ1n) is 7.85. The Labute approximate surface area is 175 Å². The molecule has 0 radical (unpaired) electrons. The molecule has 0 fully saturated rings. The average Bonchev–Trinajstić information content (AvgIpc) is 2.47. The summed E-state index contributed by atoms with van der Waals surface area (Å²) in [7, 11) is 3.70. The Morgan fingerprint density at radius 1 is 1.24 bits per heavy atom. The maximum Gasteiger partial charge on any atom is 0.407 e. The van der Waals surface area contributed by atoms with Crippen LogP contribution in [0.5, 0.6) is 0 Å². The van der Waals surface area contributed by atoms with Crippen LogP contribution in [0, 0.1) is 0 Å². The van der Waals surface area contributed by atoms with Gasteiger partial charge >= 0.3 is 6.09 Å². The van der Waals surface area contributed by atoms with Gasteiger partial charge in [0.25, 0.3) is 0 Å². The number of benzene rings is 1. The molecule has 0 aromatic heterocycles. The van der Waals surface area contributed by atoms with Crippen LogP contribution in [0.15, 0.2) is 33.7 Å². The molecule has 0 atom stereocenters. The molecule has 0 saturated carbocycles. The lowest BCUT2D eigenvalue weighted by Gasteiger charge is -2.23. The van der Waals surface area contributed by atoms with Crippen molar-refractivity contribution in [1.82, 2.24) is 15.5 Å². The second kappa shape index (κ2) is 11.6. The maximum absolute atomic E-state index is 11.6. The number of alkyl carbamates (subject to hydrolysis) is 1. The van der Waals surface area contributed by atoms with Crippen LogP contribution < -0.4 is 10.6 Å². The third-order valence-corrected chi connectivity index (χ3v) is 3.79. The molecular weight excluding hydrogens is 499 g/mol. The van der Waals surface area contributed by atoms with Crippen molar-refractivity contribution >= 4 is 52.0 Å². The van der Waals surface area contributed by atoms with Gasteiger partial charge < -0.3 is 20.3 Å². The van der Waals surface area contributed by atoms with Crippen molar-refractivity contribution in [2.24, 2.45) is 4.99 Å². The third-order valence-electron chi connectivity index (χ3n) is 3.02. The van der Waals surface area contributed by atoms with E-state index in [0.29, 0.717) is 13.1 Å². The summed E-state index contributed by atoms with van der Waals surface area (Å²) in [6.07, 6.45) is -0.416. The summed E-state index contributed by atoms with van der Waals surface area (Å²) in [5.74, 6) is 0.761. The number of carbonyl (C=O) groups is 1. The number of guanidine groups is 1. The van der Waals surface area contributed by atoms with Crippen LogP contribution in [0.25, 0.3) is 0 Å². The topological polar surface area (TPSA) is 66.0 Å². The summed E-state index contributed by atoms with van der Waals surface area (Å²) in [6.45, 7) is 7.25. The van der Waals surface area contributed by atoms with Crippen molar-refractivity contribution in [1.29, 1.82) is 0 Å². The van der Waals surface area contributed by atoms with Gasteiger partial charge in [-0.25, -0.2) is 4.79 Å². The quantitative estimate of drug-likeness (QED) is 0.266. The van der Waals surface area contributed by atoms with Crippen LogP contribution in [0.2, 0.25) is 0 Å². The highest BCUT2D eigenvalue weighted by Crippen LogP contribution is 2.17. The summed E-state index contributed by atoms with van der Waals surface area (Å²) < 4.78 is 6.26. The molecule has 8 heteroatoms. The first-order chi connectivity index (χ1) is 11.2. The molecule has 1 aromatic carbocycles. The fourth-order valence-corrected chi connectivity index (χ4v) is 2.40. The van der Waals surface area contributed by atoms with Gasteiger partial charge in [0, 0.05) is 38.2 Å². The number of carbonyl (C=O) groups excluding carboxylic acids is 1. The Morgan fingerprint density at radius 3 is 2.40 bits per heavy atom. The minimum atomic E-state index is -0.489. The zero-order valence-electron chi connectivity index (χ0n) is 15.4. The summed E-state index contributed by atoms with van der Waals surface area (Å²) in [4.78, 5) is 17.9. The lowest BCUT2D eigenvalue weighted by atomic mass is 10.2. The molecule has 0 spiro atoms. The number of rotatable bonds is 5. The van der Waals surface area contributed by atoms with E-state index in [1.54, 1.807) is 7.05 Å². The van der Waals surface area contributed by atoms with Crippen molar-refractivity contribution in [2.75, 3.05) is 27.2 Å². The van der Waals surface area contributed by atoms with Crippen molar-refractivity contribution in [2.45, 2.75) is 32.9 Å². The standard InChI is InChI=1S/C17H27BrN4O2.HI/c1-17(2,3)24-16(23)21-11-10-20-15(19-4)22(5)12-13-8-6-7-9-14(13)18;/h6-9H,10-12H2,1-5H3,(H,19,20)(H,21,23);1H. The Hall–Kier alpha value is -1.03. The molecule has 0 unspecified atom stereocenters. The lowest BCUT2D eigenvalue weighted by molar-refractivity contribution is 0.0529. The summed E-state index contributed by atoms with van der Waals surface area (Å²) in [5, 5.41) is 5.93. The highest BCUT2D eigenvalue weighted by Gasteiger charge is 2.15. The van der Waals surface area contributed by atoms with E-state index in [-0.39, 0.29) is 24.0 Å². The molecule has 0 aliphatic heterocycles. The largest absolute Gasteiger partial charge is 0.444 e. The van der Waals surface area contributed by atoms with Crippen LogP contribution in [-0.4, -0.2) is 49.7 Å². The Morgan fingerprint density at radius 2 is 1.84 bits per heavy atom. The molecule has 1 aromatic rings. The number of hydrogen-bond acceptors (Lipinski definition) is 3. The van der Waals surface area contributed by atoms with Gasteiger partial charge in [0.2, 0.25) is 0 Å². The number of halogens is 2. The van der Waals surface area contributed by atoms with Gasteiger partial charge in [-0.15, -0.1) is 24.0 Å². The molecule has 2 N–H and O–H groups in total. The molecular formula is C17H28BrIN4O2. The second-order valence-corrected chi connectivity index (χ2v) is 7.20. The van der Waals surface area contributed by atoms with Crippen LogP contribution in [0.4, 0.5) is 4.79 Å². The highest BCUT2D eigenvalue weighted by molar-refractivity contribution is 14.0. The smallest absolute Gasteiger partial charge is 0.407 e. The van der Waals surface area contributed by atoms with E-state index in [2.05, 4.69) is 37.6 Å². The van der Waals surface area contributed by atoms with Gasteiger partial charge in [-0.3, -0.25) is 4.99 Å². The fraction of sp³-hybridized carbons (Fsp3) is 0.529. The lowest BCUT2D eigenvalue weighted by Crippen LogP contribution is -2.43. The predicted molar refractivity (Wildman–Crippen MR) is 117 cm³/mol. The molecule has 1 amide bonds. The molecule has 0 bridgehead atoms. The van der Waals surface area contributed by atoms with Gasteiger partial charge in [-0.2, -0.15) is 0 Å². The molecule has 0 saturated heterocycles. The molecule has 1 rings (SSSR count). The van der Waals surface area contributed by atoms with Crippen LogP contribution in [0.1, 0.15) is 26.3 Å². The highest BCUT2D eigenvalue weighted by atomic mass is 127. The van der Waals surface area contributed by atoms with Crippen LogP contribution in [-0.2, 0) is 11.3 Å². The third kappa shape index (κ3) is 9.88. The summed E-state index contributed by atoms with van der Waals surface area (Å²) in [6, 6.07) is 8.08. The van der Waals surface area contributed by atoms with E-state index in [0.717, 1.165) is 17.0 Å². The molecule has 142 valence electrons. The summed E-state index contributed by atoms with van der Waals surface area (Å²) in [5.41, 5.74) is 0.687. The van der Waals surface area contributed by atoms with Crippen molar-refractivity contribution < 1.29 is 9.53 Å². The zero-order chi connectivity index (χ0) is 18.2. The number of ether oxygens (including phenoxy) is 1. The minimum absolute atomic E-state index is 0. The molecule has 25 heavy (non-hydrogen) atoms. The molecule has 0 heterocycles. The Bertz CT molecular complexity index is 576. The predicted octanol–water partition coefficient (Wildman–Crippen LogP) is 3.60. The van der Waals surface area contributed by atoms with E-state index in [1.165, 1.54) is 5.56 Å². The van der Waals surface area contributed by atoms with Gasteiger partial charge in [-0.05, 0) is 32.4 Å². The maximum atomic E-state index is 11.6. The van der Waals surface area contributed by atoms with E-state index in [9.17, 15) is 4.79 Å². The molecule has 0 aliphatic rings. The second-order valence-electron chi connectivity index (χ2n) is 6.35. The monoisotopic (exact) mass is 526 g/mol. The van der Waals surface area contributed by atoms with Gasteiger partial charge in [-0.1, -0.05) is 34.1 Å². The molecule has 0 aliphatic carbocycles. The van der Waals surface area contributed by atoms with Crippen LogP contribution >= 0.6 is 39.9 Å². The van der Waals surface area contributed by atoms with E-state index >= 15 is 0 Å². The Balaban J connectivity index is 0.00000576. The van der Waals surface area contributed by atoms with E-state index < -0.39 is 11.7 Å². The number of amides is 1. The van der Waals surface area contributed by atoms with Gasteiger partial charge in [0.1, 0.15) is 5.60 Å². The zero-order valence-corrected chi connectivity index (χ0v) is 19.3. The van der Waals surface area contributed by atoms with E-state index in [4.69, 9.17) is 4.74 Å². The number of nitrogens with zero attached hydrogens (tertiary/aromatic N) is 2. The normalized spacial score (nSPS) is 11.4. The summed E-state index contributed by atoms with van der Waals surface area (Å²) >= 11 is 3.55. The SMILES string of the molecule is CN=C(NCCNC(=O)OC(C)(C)C)N(C)Cc1ccccc1Br.I. The first-order valence-corrected chi connectivity index (χ1v) is 8.64. The molecule has 6 nitrogen and oxygen atoms in total. The number of hydrogen-bond donors (Lipinski definition) is 2. The van der Waals surface area contributed by atoms with Gasteiger partial charge in [0.15, 0.2) is 5.96 Å². The van der Waals surface area contributed by atoms with Crippen molar-refractivity contribution in [3.05, 3.63) is 34.3 Å². The minimum Gasteiger partial charge on any atom is -0.444 e. The van der Waals surface area contributed by atoms with E-state index in [1.807, 2.05) is 50.9 Å². The van der Waals surface area contributed by atoms with Gasteiger partial charge in [0.05, 0.1) is 0 Å². The Kier molecular flexibility index (Phi) is 11.1. The van der Waals surface area contributed by atoms with Crippen molar-refractivity contribution in [3.8, 4) is 0 Å². The van der Waals surface area contributed by atoms with Crippen molar-refractivity contribution in [3.63, 3.8) is 0 Å². The number of nitrogens with one attached hydrogen (secondary N) is 2. The van der Waals surface area contributed by atoms with Crippen LogP contribution in [0.3, 0.4) is 0 Å². The fourth-order valence-electron chi connectivity index (χ4n) is 1.99. The average molecular weight is 527 g/mol. The first kappa shape index (κ1) is 24.0.